The van der Waals surface area contributed by atoms with E-state index in [1.807, 2.05) is 17.2 Å². The lowest BCUT2D eigenvalue weighted by Crippen LogP contribution is -2.53. The smallest absolute Gasteiger partial charge is 0.274 e. The van der Waals surface area contributed by atoms with Gasteiger partial charge in [-0.2, -0.15) is 0 Å². The molecule has 1 saturated carbocycles. The van der Waals surface area contributed by atoms with Gasteiger partial charge in [0.25, 0.3) is 5.91 Å². The average Bonchev–Trinajstić information content (AvgIpc) is 3.22. The molecule has 24 heavy (non-hydrogen) atoms. The molecule has 2 aliphatic rings. The van der Waals surface area contributed by atoms with Gasteiger partial charge in [-0.3, -0.25) is 9.20 Å². The van der Waals surface area contributed by atoms with E-state index < -0.39 is 0 Å². The number of nitrogens with zero attached hydrogens (tertiary/aromatic N) is 4. The Labute approximate surface area is 140 Å². The molecule has 0 radical (unpaired) electrons. The van der Waals surface area contributed by atoms with Gasteiger partial charge in [-0.1, -0.05) is 0 Å². The number of imidazole rings is 1. The van der Waals surface area contributed by atoms with E-state index >= 15 is 0 Å². The summed E-state index contributed by atoms with van der Waals surface area (Å²) < 4.78 is 13.2. The maximum atomic E-state index is 13.1. The van der Waals surface area contributed by atoms with Crippen LogP contribution in [0.2, 0.25) is 0 Å². The van der Waals surface area contributed by atoms with Crippen molar-refractivity contribution in [2.24, 2.45) is 0 Å². The highest BCUT2D eigenvalue weighted by Gasteiger charge is 2.52. The Kier molecular flexibility index (Phi) is 3.77. The van der Waals surface area contributed by atoms with Crippen molar-refractivity contribution in [1.82, 2.24) is 19.3 Å². The normalized spacial score (nSPS) is 29.8. The first kappa shape index (κ1) is 15.5. The summed E-state index contributed by atoms with van der Waals surface area (Å²) in [5, 5.41) is 0. The maximum absolute atomic E-state index is 13.1. The van der Waals surface area contributed by atoms with Crippen molar-refractivity contribution in [2.75, 3.05) is 20.8 Å². The number of carbonyl (C=O) groups excluding carboxylic acids is 1. The summed E-state index contributed by atoms with van der Waals surface area (Å²) in [6, 6.07) is 1.85. The van der Waals surface area contributed by atoms with Crippen molar-refractivity contribution in [3.63, 3.8) is 0 Å². The monoisotopic (exact) mass is 330 g/mol. The third-order valence-corrected chi connectivity index (χ3v) is 5.59. The molecule has 2 aromatic heterocycles. The highest BCUT2D eigenvalue weighted by atomic mass is 16.5. The van der Waals surface area contributed by atoms with Crippen LogP contribution < -0.4 is 0 Å². The van der Waals surface area contributed by atoms with Crippen molar-refractivity contribution in [3.05, 3.63) is 30.4 Å². The number of amides is 1. The molecule has 0 bridgehead atoms. The van der Waals surface area contributed by atoms with Gasteiger partial charge in [0, 0.05) is 39.4 Å². The van der Waals surface area contributed by atoms with Gasteiger partial charge in [-0.15, -0.1) is 0 Å². The molecular formula is C17H22N4O3. The summed E-state index contributed by atoms with van der Waals surface area (Å²) >= 11 is 0. The van der Waals surface area contributed by atoms with E-state index in [4.69, 9.17) is 9.47 Å². The standard InChI is InChI=1S/C17H22N4O3/c1-23-12-4-5-17(24-2)6-9-21(14(17)10-12)15(22)13-11-20-8-3-7-18-16(20)19-13/h3,7-8,11-12,14H,4-6,9-10H2,1-2H3/t12-,14+,17-/m0/s1. The molecule has 0 spiro atoms. The summed E-state index contributed by atoms with van der Waals surface area (Å²) in [5.74, 6) is 0.484. The summed E-state index contributed by atoms with van der Waals surface area (Å²) in [7, 11) is 3.49. The van der Waals surface area contributed by atoms with Gasteiger partial charge in [0.15, 0.2) is 0 Å². The topological polar surface area (TPSA) is 69.0 Å². The SMILES string of the molecule is CO[C@H]1CC[C@]2(OC)CCN(C(=O)c3cn4cccnc4n3)[C@@H]2C1. The number of fused-ring (bicyclic) bond motifs is 2. The minimum Gasteiger partial charge on any atom is -0.381 e. The first-order chi connectivity index (χ1) is 11.7. The Balaban J connectivity index is 1.64. The third-order valence-electron chi connectivity index (χ3n) is 5.59. The summed E-state index contributed by atoms with van der Waals surface area (Å²) in [4.78, 5) is 23.5. The molecule has 2 fully saturated rings. The molecular weight excluding hydrogens is 308 g/mol. The van der Waals surface area contributed by atoms with E-state index in [-0.39, 0.29) is 23.7 Å². The summed E-state index contributed by atoms with van der Waals surface area (Å²) in [6.07, 6.45) is 9.00. The second-order valence-electron chi connectivity index (χ2n) is 6.62. The molecule has 3 heterocycles. The minimum atomic E-state index is -0.248. The van der Waals surface area contributed by atoms with Crippen LogP contribution in [0, 0.1) is 0 Å². The Morgan fingerprint density at radius 1 is 1.38 bits per heavy atom. The average molecular weight is 330 g/mol. The molecule has 1 amide bonds. The van der Waals surface area contributed by atoms with Gasteiger partial charge >= 0.3 is 0 Å². The molecule has 1 aliphatic heterocycles. The quantitative estimate of drug-likeness (QED) is 0.854. The van der Waals surface area contributed by atoms with Crippen molar-refractivity contribution in [3.8, 4) is 0 Å². The van der Waals surface area contributed by atoms with Crippen molar-refractivity contribution >= 4 is 11.7 Å². The van der Waals surface area contributed by atoms with Gasteiger partial charge in [0.2, 0.25) is 5.78 Å². The van der Waals surface area contributed by atoms with E-state index in [0.717, 1.165) is 25.7 Å². The molecule has 7 heteroatoms. The number of hydrogen-bond acceptors (Lipinski definition) is 5. The Bertz CT molecular complexity index is 728. The lowest BCUT2D eigenvalue weighted by atomic mass is 9.79. The largest absolute Gasteiger partial charge is 0.381 e. The highest BCUT2D eigenvalue weighted by molar-refractivity contribution is 5.93. The van der Waals surface area contributed by atoms with Gasteiger partial charge in [0.1, 0.15) is 5.69 Å². The van der Waals surface area contributed by atoms with E-state index in [1.165, 1.54) is 0 Å². The van der Waals surface area contributed by atoms with Crippen molar-refractivity contribution in [1.29, 1.82) is 0 Å². The van der Waals surface area contributed by atoms with Crippen LogP contribution in [0.15, 0.2) is 24.7 Å². The van der Waals surface area contributed by atoms with E-state index in [2.05, 4.69) is 9.97 Å². The Morgan fingerprint density at radius 2 is 2.25 bits per heavy atom. The van der Waals surface area contributed by atoms with Crippen LogP contribution in [0.25, 0.3) is 5.78 Å². The fourth-order valence-corrected chi connectivity index (χ4v) is 4.20. The zero-order chi connectivity index (χ0) is 16.7. The molecule has 4 rings (SSSR count). The molecule has 0 unspecified atom stereocenters. The van der Waals surface area contributed by atoms with Crippen molar-refractivity contribution < 1.29 is 14.3 Å². The fourth-order valence-electron chi connectivity index (χ4n) is 4.20. The predicted molar refractivity (Wildman–Crippen MR) is 86.8 cm³/mol. The first-order valence-electron chi connectivity index (χ1n) is 8.35. The Hall–Kier alpha value is -1.99. The second kappa shape index (κ2) is 5.82. The maximum Gasteiger partial charge on any atom is 0.274 e. The second-order valence-corrected chi connectivity index (χ2v) is 6.62. The lowest BCUT2D eigenvalue weighted by Gasteiger charge is -2.43. The molecule has 0 N–H and O–H groups in total. The summed E-state index contributed by atoms with van der Waals surface area (Å²) in [5.41, 5.74) is 0.183. The number of ether oxygens (including phenoxy) is 2. The molecule has 1 saturated heterocycles. The lowest BCUT2D eigenvalue weighted by molar-refractivity contribution is -0.0894. The predicted octanol–water partition coefficient (Wildman–Crippen LogP) is 1.53. The van der Waals surface area contributed by atoms with Gasteiger partial charge in [-0.05, 0) is 31.7 Å². The molecule has 128 valence electrons. The van der Waals surface area contributed by atoms with Crippen molar-refractivity contribution in [2.45, 2.75) is 43.4 Å². The fraction of sp³-hybridized carbons (Fsp3) is 0.588. The summed E-state index contributed by atoms with van der Waals surface area (Å²) in [6.45, 7) is 0.690. The van der Waals surface area contributed by atoms with E-state index in [1.54, 1.807) is 31.0 Å². The van der Waals surface area contributed by atoms with E-state index in [0.29, 0.717) is 18.0 Å². The van der Waals surface area contributed by atoms with Gasteiger partial charge in [-0.25, -0.2) is 9.97 Å². The van der Waals surface area contributed by atoms with E-state index in [9.17, 15) is 4.79 Å². The number of hydrogen-bond donors (Lipinski definition) is 0. The first-order valence-corrected chi connectivity index (χ1v) is 8.35. The van der Waals surface area contributed by atoms with Crippen LogP contribution in [0.3, 0.4) is 0 Å². The molecule has 3 atom stereocenters. The van der Waals surface area contributed by atoms with Crippen LogP contribution in [0.1, 0.15) is 36.2 Å². The van der Waals surface area contributed by atoms with Crippen LogP contribution in [0.5, 0.6) is 0 Å². The molecule has 1 aliphatic carbocycles. The highest BCUT2D eigenvalue weighted by Crippen LogP contribution is 2.43. The van der Waals surface area contributed by atoms with Crippen LogP contribution in [-0.4, -0.2) is 63.7 Å². The van der Waals surface area contributed by atoms with Crippen LogP contribution >= 0.6 is 0 Å². The van der Waals surface area contributed by atoms with Gasteiger partial charge in [0.05, 0.1) is 17.7 Å². The number of methoxy groups -OCH3 is 2. The Morgan fingerprint density at radius 3 is 3.00 bits per heavy atom. The zero-order valence-corrected chi connectivity index (χ0v) is 14.0. The number of carbonyl (C=O) groups is 1. The number of aromatic nitrogens is 3. The molecule has 7 nitrogen and oxygen atoms in total. The zero-order valence-electron chi connectivity index (χ0n) is 14.0. The molecule has 0 aromatic carbocycles. The number of likely N-dealkylation sites (tertiary alicyclic amines) is 1. The van der Waals surface area contributed by atoms with Crippen LogP contribution in [0.4, 0.5) is 0 Å². The van der Waals surface area contributed by atoms with Gasteiger partial charge < -0.3 is 14.4 Å². The third kappa shape index (κ3) is 2.31. The van der Waals surface area contributed by atoms with Crippen LogP contribution in [-0.2, 0) is 9.47 Å². The molecule has 2 aromatic rings. The minimum absolute atomic E-state index is 0.0338. The number of rotatable bonds is 3.